The molecule has 1 aromatic rings. The summed E-state index contributed by atoms with van der Waals surface area (Å²) in [6, 6.07) is 4.46. The van der Waals surface area contributed by atoms with E-state index in [0.717, 1.165) is 42.4 Å². The van der Waals surface area contributed by atoms with Crippen LogP contribution in [0.5, 0.6) is 0 Å². The lowest BCUT2D eigenvalue weighted by atomic mass is 9.95. The molecule has 1 saturated carbocycles. The van der Waals surface area contributed by atoms with E-state index in [1.807, 2.05) is 45.9 Å². The van der Waals surface area contributed by atoms with Gasteiger partial charge in [-0.1, -0.05) is 51.0 Å². The van der Waals surface area contributed by atoms with Crippen LogP contribution in [0.1, 0.15) is 96.4 Å². The van der Waals surface area contributed by atoms with Gasteiger partial charge >= 0.3 is 6.09 Å². The molecule has 2 N–H and O–H groups in total. The van der Waals surface area contributed by atoms with E-state index in [9.17, 15) is 14.4 Å². The van der Waals surface area contributed by atoms with Gasteiger partial charge in [-0.05, 0) is 77.3 Å². The van der Waals surface area contributed by atoms with Gasteiger partial charge in [0.15, 0.2) is 0 Å². The number of rotatable bonds is 11. The van der Waals surface area contributed by atoms with Crippen molar-refractivity contribution < 1.29 is 19.1 Å². The number of aryl methyl sites for hydroxylation is 2. The van der Waals surface area contributed by atoms with E-state index in [-0.39, 0.29) is 23.8 Å². The van der Waals surface area contributed by atoms with E-state index in [0.29, 0.717) is 13.0 Å². The van der Waals surface area contributed by atoms with Crippen molar-refractivity contribution in [1.29, 1.82) is 0 Å². The lowest BCUT2D eigenvalue weighted by Crippen LogP contribution is -2.54. The molecular formula is C28H45N3O4. The molecule has 7 heteroatoms. The Morgan fingerprint density at radius 1 is 1.14 bits per heavy atom. The predicted molar refractivity (Wildman–Crippen MR) is 139 cm³/mol. The highest BCUT2D eigenvalue weighted by Crippen LogP contribution is 2.37. The van der Waals surface area contributed by atoms with Gasteiger partial charge in [0.2, 0.25) is 11.8 Å². The molecule has 196 valence electrons. The van der Waals surface area contributed by atoms with Crippen LogP contribution in [0.25, 0.3) is 0 Å². The monoisotopic (exact) mass is 487 g/mol. The summed E-state index contributed by atoms with van der Waals surface area (Å²) in [5.41, 5.74) is 2.15. The molecule has 7 nitrogen and oxygen atoms in total. The summed E-state index contributed by atoms with van der Waals surface area (Å²) in [5, 5.41) is 5.86. The lowest BCUT2D eigenvalue weighted by Gasteiger charge is -2.36. The number of carbonyl (C=O) groups is 3. The number of carbonyl (C=O) groups excluding carboxylic acids is 3. The first-order valence-corrected chi connectivity index (χ1v) is 13.0. The maximum absolute atomic E-state index is 14.1. The zero-order valence-corrected chi connectivity index (χ0v) is 22.9. The first-order valence-electron chi connectivity index (χ1n) is 13.0. The molecule has 1 fully saturated rings. The number of benzene rings is 1. The van der Waals surface area contributed by atoms with E-state index in [1.54, 1.807) is 25.7 Å². The Morgan fingerprint density at radius 2 is 1.80 bits per heavy atom. The lowest BCUT2D eigenvalue weighted by molar-refractivity contribution is -0.143. The fraction of sp³-hybridized carbons (Fsp3) is 0.679. The number of ether oxygens (including phenoxy) is 1. The summed E-state index contributed by atoms with van der Waals surface area (Å²) in [7, 11) is 0. The molecule has 2 unspecified atom stereocenters. The molecule has 2 atom stereocenters. The van der Waals surface area contributed by atoms with Crippen LogP contribution < -0.4 is 10.6 Å². The second-order valence-electron chi connectivity index (χ2n) is 11.2. The van der Waals surface area contributed by atoms with Crippen LogP contribution in [0.15, 0.2) is 18.2 Å². The van der Waals surface area contributed by atoms with Crippen molar-refractivity contribution in [3.05, 3.63) is 34.9 Å². The van der Waals surface area contributed by atoms with Gasteiger partial charge in [0.25, 0.3) is 0 Å². The number of hydrogen-bond acceptors (Lipinski definition) is 4. The second-order valence-corrected chi connectivity index (χ2v) is 11.2. The van der Waals surface area contributed by atoms with Gasteiger partial charge in [0, 0.05) is 12.6 Å². The highest BCUT2D eigenvalue weighted by Gasteiger charge is 2.44. The normalized spacial score (nSPS) is 15.3. The van der Waals surface area contributed by atoms with Crippen molar-refractivity contribution in [2.24, 2.45) is 5.92 Å². The van der Waals surface area contributed by atoms with Crippen molar-refractivity contribution in [2.75, 3.05) is 6.54 Å². The van der Waals surface area contributed by atoms with Crippen molar-refractivity contribution in [2.45, 2.75) is 111 Å². The smallest absolute Gasteiger partial charge is 0.408 e. The largest absolute Gasteiger partial charge is 0.444 e. The summed E-state index contributed by atoms with van der Waals surface area (Å²) < 4.78 is 5.45. The van der Waals surface area contributed by atoms with Gasteiger partial charge in [-0.15, -0.1) is 0 Å². The average Bonchev–Trinajstić information content (AvgIpc) is 3.56. The van der Waals surface area contributed by atoms with Crippen LogP contribution >= 0.6 is 0 Å². The van der Waals surface area contributed by atoms with Gasteiger partial charge in [-0.25, -0.2) is 4.79 Å². The summed E-state index contributed by atoms with van der Waals surface area (Å²) >= 11 is 0. The number of amides is 3. The summed E-state index contributed by atoms with van der Waals surface area (Å²) in [6.07, 6.45) is 3.36. The highest BCUT2D eigenvalue weighted by atomic mass is 16.6. The maximum atomic E-state index is 14.1. The first-order chi connectivity index (χ1) is 16.3. The van der Waals surface area contributed by atoms with E-state index in [4.69, 9.17) is 4.74 Å². The minimum atomic E-state index is -0.776. The number of alkyl carbamates (subject to hydrolysis) is 1. The summed E-state index contributed by atoms with van der Waals surface area (Å²) in [6.45, 7) is 16.0. The molecule has 0 heterocycles. The molecule has 1 aliphatic rings. The molecule has 0 radical (unpaired) electrons. The zero-order valence-electron chi connectivity index (χ0n) is 22.9. The van der Waals surface area contributed by atoms with Gasteiger partial charge in [-0.2, -0.15) is 0 Å². The van der Waals surface area contributed by atoms with Crippen molar-refractivity contribution in [3.63, 3.8) is 0 Å². The maximum Gasteiger partial charge on any atom is 0.408 e. The molecule has 1 aromatic carbocycles. The van der Waals surface area contributed by atoms with Crippen molar-refractivity contribution >= 4 is 17.9 Å². The third-order valence-electron chi connectivity index (χ3n) is 5.98. The van der Waals surface area contributed by atoms with Gasteiger partial charge < -0.3 is 20.3 Å². The van der Waals surface area contributed by atoms with E-state index in [1.165, 1.54) is 0 Å². The molecule has 0 spiro atoms. The zero-order chi connectivity index (χ0) is 26.3. The predicted octanol–water partition coefficient (Wildman–Crippen LogP) is 5.19. The molecule has 3 amide bonds. The van der Waals surface area contributed by atoms with Crippen LogP contribution in [0, 0.1) is 19.8 Å². The summed E-state index contributed by atoms with van der Waals surface area (Å²) in [4.78, 5) is 42.0. The topological polar surface area (TPSA) is 87.7 Å². The fourth-order valence-electron chi connectivity index (χ4n) is 4.15. The molecule has 0 aromatic heterocycles. The Balaban J connectivity index is 2.46. The minimum Gasteiger partial charge on any atom is -0.444 e. The molecule has 0 bridgehead atoms. The van der Waals surface area contributed by atoms with Gasteiger partial charge in [0.1, 0.15) is 17.7 Å². The number of hydrogen-bond donors (Lipinski definition) is 2. The number of unbranched alkanes of at least 4 members (excludes halogenated alkanes) is 1. The highest BCUT2D eigenvalue weighted by molar-refractivity contribution is 5.92. The Morgan fingerprint density at radius 3 is 2.34 bits per heavy atom. The molecular weight excluding hydrogens is 442 g/mol. The van der Waals surface area contributed by atoms with Gasteiger partial charge in [-0.3, -0.25) is 9.59 Å². The van der Waals surface area contributed by atoms with Gasteiger partial charge in [0.05, 0.1) is 0 Å². The minimum absolute atomic E-state index is 0.0283. The second kappa shape index (κ2) is 12.4. The van der Waals surface area contributed by atoms with Crippen LogP contribution in [0.4, 0.5) is 4.79 Å². The molecule has 35 heavy (non-hydrogen) atoms. The quantitative estimate of drug-likeness (QED) is 0.421. The van der Waals surface area contributed by atoms with Crippen LogP contribution in [-0.2, 0) is 14.3 Å². The third-order valence-corrected chi connectivity index (χ3v) is 5.98. The first kappa shape index (κ1) is 28.7. The van der Waals surface area contributed by atoms with E-state index >= 15 is 0 Å². The van der Waals surface area contributed by atoms with Crippen molar-refractivity contribution in [1.82, 2.24) is 15.5 Å². The Hall–Kier alpha value is -2.57. The molecule has 0 saturated heterocycles. The SMILES string of the molecule is CCCCNC(=O)C(c1cc(C)ccc1C)N(C(=O)C(CC(C)C)NC(=O)OC(C)(C)C)C1CC1. The Bertz CT molecular complexity index is 887. The van der Waals surface area contributed by atoms with Crippen LogP contribution in [0.3, 0.4) is 0 Å². The third kappa shape index (κ3) is 8.86. The number of nitrogens with zero attached hydrogens (tertiary/aromatic N) is 1. The standard InChI is InChI=1S/C28H45N3O4/c1-9-10-15-29-25(32)24(22-17-19(4)11-12-20(22)5)31(21-13-14-21)26(33)23(16-18(2)3)30-27(34)35-28(6,7)8/h11-12,17-18,21,23-24H,9-10,13-16H2,1-8H3,(H,29,32)(H,30,34). The van der Waals surface area contributed by atoms with Crippen LogP contribution in [-0.4, -0.2) is 47.0 Å². The van der Waals surface area contributed by atoms with Crippen molar-refractivity contribution in [3.8, 4) is 0 Å². The molecule has 0 aliphatic heterocycles. The summed E-state index contributed by atoms with van der Waals surface area (Å²) in [5.74, 6) is -0.242. The Labute approximate surface area is 211 Å². The number of nitrogens with one attached hydrogen (secondary N) is 2. The molecule has 2 rings (SSSR count). The average molecular weight is 488 g/mol. The van der Waals surface area contributed by atoms with E-state index in [2.05, 4.69) is 17.6 Å². The fourth-order valence-corrected chi connectivity index (χ4v) is 4.15. The Kier molecular flexibility index (Phi) is 10.2. The van der Waals surface area contributed by atoms with Crippen LogP contribution in [0.2, 0.25) is 0 Å². The molecule has 1 aliphatic carbocycles. The van der Waals surface area contributed by atoms with E-state index < -0.39 is 23.8 Å².